The van der Waals surface area contributed by atoms with Gasteiger partial charge in [-0.05, 0) is 49.2 Å². The maximum atomic E-state index is 13.0. The van der Waals surface area contributed by atoms with Gasteiger partial charge >= 0.3 is 0 Å². The maximum absolute atomic E-state index is 13.0. The Bertz CT molecular complexity index is 779. The predicted molar refractivity (Wildman–Crippen MR) is 74.7 cm³/mol. The molecule has 98 valence electrons. The quantitative estimate of drug-likeness (QED) is 0.709. The molecule has 4 rings (SSSR count). The number of rotatable bonds is 2. The first-order chi connectivity index (χ1) is 9.81. The molecule has 3 aromatic rings. The van der Waals surface area contributed by atoms with Crippen LogP contribution >= 0.6 is 0 Å². The highest BCUT2D eigenvalue weighted by Gasteiger charge is 2.27. The Hall–Kier alpha value is -2.36. The van der Waals surface area contributed by atoms with Crippen LogP contribution in [0, 0.1) is 5.82 Å². The van der Waals surface area contributed by atoms with Gasteiger partial charge in [-0.15, -0.1) is 0 Å². The van der Waals surface area contributed by atoms with Crippen molar-refractivity contribution in [2.45, 2.75) is 18.8 Å². The Labute approximate surface area is 115 Å². The Kier molecular flexibility index (Phi) is 2.49. The fourth-order valence-electron chi connectivity index (χ4n) is 2.40. The van der Waals surface area contributed by atoms with Crippen molar-refractivity contribution in [1.29, 1.82) is 0 Å². The summed E-state index contributed by atoms with van der Waals surface area (Å²) in [6.45, 7) is 0. The van der Waals surface area contributed by atoms with Gasteiger partial charge in [0, 0.05) is 11.5 Å². The van der Waals surface area contributed by atoms with Gasteiger partial charge < -0.3 is 0 Å². The molecular formula is C16H12FN3. The van der Waals surface area contributed by atoms with Crippen LogP contribution in [0.1, 0.15) is 24.5 Å². The summed E-state index contributed by atoms with van der Waals surface area (Å²) in [5.74, 6) is 0.285. The van der Waals surface area contributed by atoms with E-state index in [9.17, 15) is 4.39 Å². The first-order valence-corrected chi connectivity index (χ1v) is 6.69. The van der Waals surface area contributed by atoms with Crippen LogP contribution in [-0.2, 0) is 0 Å². The van der Waals surface area contributed by atoms with E-state index < -0.39 is 0 Å². The molecule has 1 aliphatic rings. The van der Waals surface area contributed by atoms with Crippen LogP contribution < -0.4 is 0 Å². The van der Waals surface area contributed by atoms with Crippen molar-refractivity contribution >= 4 is 11.0 Å². The van der Waals surface area contributed by atoms with Crippen molar-refractivity contribution in [2.75, 3.05) is 0 Å². The lowest BCUT2D eigenvalue weighted by Crippen LogP contribution is -1.95. The van der Waals surface area contributed by atoms with Gasteiger partial charge in [0.05, 0.1) is 16.9 Å². The molecule has 2 heterocycles. The molecule has 0 radical (unpaired) electrons. The van der Waals surface area contributed by atoms with Crippen LogP contribution in [-0.4, -0.2) is 15.0 Å². The van der Waals surface area contributed by atoms with Crippen molar-refractivity contribution in [3.63, 3.8) is 0 Å². The summed E-state index contributed by atoms with van der Waals surface area (Å²) in [4.78, 5) is 13.3. The van der Waals surface area contributed by atoms with E-state index in [2.05, 4.69) is 15.0 Å². The van der Waals surface area contributed by atoms with E-state index in [-0.39, 0.29) is 5.82 Å². The van der Waals surface area contributed by atoms with Crippen molar-refractivity contribution in [1.82, 2.24) is 15.0 Å². The largest absolute Gasteiger partial charge is 0.244 e. The summed E-state index contributed by atoms with van der Waals surface area (Å²) < 4.78 is 13.0. The minimum atomic E-state index is -0.239. The van der Waals surface area contributed by atoms with Crippen molar-refractivity contribution in [3.8, 4) is 11.3 Å². The molecule has 0 unspecified atom stereocenters. The number of benzene rings is 1. The standard InChI is InChI=1S/C16H12FN3/c17-12-5-3-10(4-6-12)13-7-8-14-16(20-13)15(11-1-2-11)19-9-18-14/h3-9,11H,1-2H2. The van der Waals surface area contributed by atoms with Gasteiger partial charge in [0.15, 0.2) is 0 Å². The molecule has 0 N–H and O–H groups in total. The summed E-state index contributed by atoms with van der Waals surface area (Å²) in [6, 6.07) is 10.2. The monoisotopic (exact) mass is 265 g/mol. The molecule has 3 nitrogen and oxygen atoms in total. The zero-order valence-electron chi connectivity index (χ0n) is 10.8. The molecule has 0 atom stereocenters. The predicted octanol–water partition coefficient (Wildman–Crippen LogP) is 3.71. The van der Waals surface area contributed by atoms with E-state index in [0.717, 1.165) is 28.0 Å². The Balaban J connectivity index is 1.89. The highest BCUT2D eigenvalue weighted by atomic mass is 19.1. The van der Waals surface area contributed by atoms with Crippen LogP contribution in [0.3, 0.4) is 0 Å². The summed E-state index contributed by atoms with van der Waals surface area (Å²) in [7, 11) is 0. The SMILES string of the molecule is Fc1ccc(-c2ccc3ncnc(C4CC4)c3n2)cc1. The van der Waals surface area contributed by atoms with Crippen LogP contribution in [0.4, 0.5) is 4.39 Å². The van der Waals surface area contributed by atoms with Gasteiger partial charge in [-0.3, -0.25) is 0 Å². The fraction of sp³-hybridized carbons (Fsp3) is 0.188. The minimum Gasteiger partial charge on any atom is -0.244 e. The van der Waals surface area contributed by atoms with Gasteiger partial charge in [0.2, 0.25) is 0 Å². The molecule has 1 saturated carbocycles. The third-order valence-electron chi connectivity index (χ3n) is 3.61. The number of fused-ring (bicyclic) bond motifs is 1. The summed E-state index contributed by atoms with van der Waals surface area (Å²) in [6.07, 6.45) is 3.96. The Morgan fingerprint density at radius 1 is 0.950 bits per heavy atom. The average molecular weight is 265 g/mol. The van der Waals surface area contributed by atoms with Gasteiger partial charge in [-0.1, -0.05) is 0 Å². The molecule has 4 heteroatoms. The third kappa shape index (κ3) is 1.93. The molecule has 1 fully saturated rings. The normalized spacial score (nSPS) is 14.7. The molecule has 1 aromatic carbocycles. The lowest BCUT2D eigenvalue weighted by Gasteiger charge is -2.06. The molecule has 0 aliphatic heterocycles. The van der Waals surface area contributed by atoms with Crippen LogP contribution in [0.15, 0.2) is 42.7 Å². The summed E-state index contributed by atoms with van der Waals surface area (Å²) in [5.41, 5.74) is 4.51. The lowest BCUT2D eigenvalue weighted by atomic mass is 10.1. The smallest absolute Gasteiger partial charge is 0.123 e. The van der Waals surface area contributed by atoms with E-state index in [4.69, 9.17) is 0 Å². The van der Waals surface area contributed by atoms with Gasteiger partial charge in [0.1, 0.15) is 17.7 Å². The van der Waals surface area contributed by atoms with E-state index >= 15 is 0 Å². The highest BCUT2D eigenvalue weighted by Crippen LogP contribution is 2.41. The highest BCUT2D eigenvalue weighted by molar-refractivity contribution is 5.80. The third-order valence-corrected chi connectivity index (χ3v) is 3.61. The molecule has 0 spiro atoms. The number of hydrogen-bond acceptors (Lipinski definition) is 3. The molecule has 1 aliphatic carbocycles. The number of nitrogens with zero attached hydrogens (tertiary/aromatic N) is 3. The second kappa shape index (κ2) is 4.34. The number of hydrogen-bond donors (Lipinski definition) is 0. The van der Waals surface area contributed by atoms with Crippen LogP contribution in [0.25, 0.3) is 22.3 Å². The van der Waals surface area contributed by atoms with Crippen molar-refractivity contribution in [3.05, 3.63) is 54.2 Å². The average Bonchev–Trinajstić information content (AvgIpc) is 3.31. The maximum Gasteiger partial charge on any atom is 0.123 e. The van der Waals surface area contributed by atoms with Gasteiger partial charge in [-0.2, -0.15) is 0 Å². The molecule has 0 amide bonds. The number of halogens is 1. The van der Waals surface area contributed by atoms with Crippen molar-refractivity contribution in [2.24, 2.45) is 0 Å². The number of pyridine rings is 1. The topological polar surface area (TPSA) is 38.7 Å². The lowest BCUT2D eigenvalue weighted by molar-refractivity contribution is 0.628. The van der Waals surface area contributed by atoms with Gasteiger partial charge in [-0.25, -0.2) is 19.3 Å². The molecule has 2 aromatic heterocycles. The van der Waals surface area contributed by atoms with Crippen LogP contribution in [0.5, 0.6) is 0 Å². The minimum absolute atomic E-state index is 0.239. The van der Waals surface area contributed by atoms with E-state index in [1.807, 2.05) is 12.1 Å². The molecule has 20 heavy (non-hydrogen) atoms. The van der Waals surface area contributed by atoms with Crippen LogP contribution in [0.2, 0.25) is 0 Å². The van der Waals surface area contributed by atoms with E-state index in [0.29, 0.717) is 5.92 Å². The van der Waals surface area contributed by atoms with E-state index in [1.165, 1.54) is 25.0 Å². The first kappa shape index (κ1) is 11.5. The fourth-order valence-corrected chi connectivity index (χ4v) is 2.40. The number of aromatic nitrogens is 3. The zero-order chi connectivity index (χ0) is 13.5. The second-order valence-electron chi connectivity index (χ2n) is 5.10. The first-order valence-electron chi connectivity index (χ1n) is 6.69. The van der Waals surface area contributed by atoms with Gasteiger partial charge in [0.25, 0.3) is 0 Å². The molecule has 0 bridgehead atoms. The zero-order valence-corrected chi connectivity index (χ0v) is 10.8. The Morgan fingerprint density at radius 3 is 2.50 bits per heavy atom. The Morgan fingerprint density at radius 2 is 1.75 bits per heavy atom. The molecule has 0 saturated heterocycles. The van der Waals surface area contributed by atoms with Crippen molar-refractivity contribution < 1.29 is 4.39 Å². The summed E-state index contributed by atoms with van der Waals surface area (Å²) in [5, 5.41) is 0. The second-order valence-corrected chi connectivity index (χ2v) is 5.10. The summed E-state index contributed by atoms with van der Waals surface area (Å²) >= 11 is 0. The van der Waals surface area contributed by atoms with E-state index in [1.54, 1.807) is 18.5 Å². The molecular weight excluding hydrogens is 253 g/mol.